The number of amides is 1. The lowest BCUT2D eigenvalue weighted by atomic mass is 10.3. The predicted octanol–water partition coefficient (Wildman–Crippen LogP) is 0.613. The van der Waals surface area contributed by atoms with Crippen LogP contribution in [-0.2, 0) is 13.0 Å². The summed E-state index contributed by atoms with van der Waals surface area (Å²) in [6.07, 6.45) is 2.49. The Labute approximate surface area is 115 Å². The molecule has 6 nitrogen and oxygen atoms in total. The van der Waals surface area contributed by atoms with Crippen LogP contribution in [0.3, 0.4) is 0 Å². The number of thiophene rings is 1. The molecule has 0 radical (unpaired) electrons. The Bertz CT molecular complexity index is 522. The smallest absolute Gasteiger partial charge is 0.275 e. The van der Waals surface area contributed by atoms with Gasteiger partial charge in [0.2, 0.25) is 0 Å². The molecule has 2 rings (SSSR count). The highest BCUT2D eigenvalue weighted by Crippen LogP contribution is 2.10. The van der Waals surface area contributed by atoms with Crippen molar-refractivity contribution in [2.24, 2.45) is 5.73 Å². The lowest BCUT2D eigenvalue weighted by Crippen LogP contribution is -2.29. The second kappa shape index (κ2) is 6.44. The fourth-order valence-corrected chi connectivity index (χ4v) is 2.37. The molecule has 0 aromatic carbocycles. The summed E-state index contributed by atoms with van der Waals surface area (Å²) in [4.78, 5) is 15.0. The van der Waals surface area contributed by atoms with Gasteiger partial charge in [-0.2, -0.15) is 0 Å². The van der Waals surface area contributed by atoms with Gasteiger partial charge in [0.1, 0.15) is 0 Å². The molecule has 0 aliphatic carbocycles. The maximum Gasteiger partial charge on any atom is 0.275 e. The van der Waals surface area contributed by atoms with Crippen molar-refractivity contribution < 1.29 is 4.79 Å². The number of hydrogen-bond donors (Lipinski definition) is 1. The van der Waals surface area contributed by atoms with Crippen molar-refractivity contribution >= 4 is 17.2 Å². The van der Waals surface area contributed by atoms with E-state index in [2.05, 4.69) is 16.4 Å². The summed E-state index contributed by atoms with van der Waals surface area (Å²) < 4.78 is 1.58. The van der Waals surface area contributed by atoms with E-state index in [0.29, 0.717) is 25.3 Å². The van der Waals surface area contributed by atoms with E-state index in [1.165, 1.54) is 4.88 Å². The minimum atomic E-state index is -0.111. The van der Waals surface area contributed by atoms with Crippen molar-refractivity contribution in [2.45, 2.75) is 13.0 Å². The Hall–Kier alpha value is -1.73. The fraction of sp³-hybridized carbons (Fsp3) is 0.417. The van der Waals surface area contributed by atoms with Crippen molar-refractivity contribution in [1.29, 1.82) is 0 Å². The Balaban J connectivity index is 1.90. The normalized spacial score (nSPS) is 10.6. The lowest BCUT2D eigenvalue weighted by molar-refractivity contribution is 0.0791. The zero-order valence-electron chi connectivity index (χ0n) is 10.8. The molecule has 0 atom stereocenters. The molecular formula is C12H17N5OS. The zero-order valence-corrected chi connectivity index (χ0v) is 11.6. The minimum Gasteiger partial charge on any atom is -0.340 e. The summed E-state index contributed by atoms with van der Waals surface area (Å²) in [5.74, 6) is -0.111. The van der Waals surface area contributed by atoms with Crippen molar-refractivity contribution in [2.75, 3.05) is 20.1 Å². The molecule has 0 aliphatic rings. The molecule has 0 spiro atoms. The molecule has 2 aromatic rings. The van der Waals surface area contributed by atoms with Crippen molar-refractivity contribution in [1.82, 2.24) is 19.9 Å². The van der Waals surface area contributed by atoms with E-state index in [0.717, 1.165) is 6.42 Å². The van der Waals surface area contributed by atoms with Crippen LogP contribution in [0.15, 0.2) is 23.7 Å². The van der Waals surface area contributed by atoms with Crippen molar-refractivity contribution in [3.8, 4) is 0 Å². The van der Waals surface area contributed by atoms with E-state index in [4.69, 9.17) is 5.73 Å². The third kappa shape index (κ3) is 3.62. The Kier molecular flexibility index (Phi) is 4.64. The first-order chi connectivity index (χ1) is 9.20. The summed E-state index contributed by atoms with van der Waals surface area (Å²) in [7, 11) is 1.78. The third-order valence-corrected chi connectivity index (χ3v) is 3.67. The van der Waals surface area contributed by atoms with E-state index >= 15 is 0 Å². The van der Waals surface area contributed by atoms with Gasteiger partial charge in [-0.05, 0) is 17.9 Å². The summed E-state index contributed by atoms with van der Waals surface area (Å²) in [5, 5.41) is 9.77. The van der Waals surface area contributed by atoms with E-state index in [1.807, 2.05) is 11.4 Å². The quantitative estimate of drug-likeness (QED) is 0.840. The Morgan fingerprint density at radius 3 is 3.11 bits per heavy atom. The number of hydrogen-bond acceptors (Lipinski definition) is 5. The molecule has 2 heterocycles. The molecule has 0 saturated carbocycles. The first kappa shape index (κ1) is 13.7. The third-order valence-electron chi connectivity index (χ3n) is 2.74. The molecular weight excluding hydrogens is 262 g/mol. The lowest BCUT2D eigenvalue weighted by Gasteiger charge is -2.14. The maximum atomic E-state index is 12.1. The van der Waals surface area contributed by atoms with Crippen LogP contribution in [0.25, 0.3) is 0 Å². The molecule has 0 bridgehead atoms. The van der Waals surface area contributed by atoms with Crippen LogP contribution in [0.2, 0.25) is 0 Å². The molecule has 1 amide bonds. The van der Waals surface area contributed by atoms with E-state index in [1.54, 1.807) is 34.2 Å². The van der Waals surface area contributed by atoms with Gasteiger partial charge in [-0.15, -0.1) is 16.4 Å². The molecule has 0 saturated heterocycles. The highest BCUT2D eigenvalue weighted by molar-refractivity contribution is 7.09. The van der Waals surface area contributed by atoms with Crippen molar-refractivity contribution in [3.63, 3.8) is 0 Å². The molecule has 19 heavy (non-hydrogen) atoms. The molecule has 2 N–H and O–H groups in total. The summed E-state index contributed by atoms with van der Waals surface area (Å²) >= 11 is 1.70. The number of nitrogens with two attached hydrogens (primary N) is 1. The first-order valence-corrected chi connectivity index (χ1v) is 6.96. The van der Waals surface area contributed by atoms with Gasteiger partial charge in [-0.25, -0.2) is 0 Å². The largest absolute Gasteiger partial charge is 0.340 e. The van der Waals surface area contributed by atoms with Crippen LogP contribution in [-0.4, -0.2) is 45.9 Å². The monoisotopic (exact) mass is 279 g/mol. The topological polar surface area (TPSA) is 77.0 Å². The number of carbonyl (C=O) groups is 1. The van der Waals surface area contributed by atoms with Gasteiger partial charge in [-0.1, -0.05) is 11.3 Å². The van der Waals surface area contributed by atoms with Gasteiger partial charge in [-0.3, -0.25) is 9.48 Å². The van der Waals surface area contributed by atoms with Gasteiger partial charge in [0, 0.05) is 25.0 Å². The van der Waals surface area contributed by atoms with Gasteiger partial charge in [0.05, 0.1) is 12.7 Å². The molecule has 2 aromatic heterocycles. The Morgan fingerprint density at radius 1 is 1.58 bits per heavy atom. The number of carbonyl (C=O) groups excluding carboxylic acids is 1. The molecule has 0 fully saturated rings. The molecule has 102 valence electrons. The van der Waals surface area contributed by atoms with Crippen LogP contribution in [0.5, 0.6) is 0 Å². The van der Waals surface area contributed by atoms with Crippen LogP contribution in [0.4, 0.5) is 0 Å². The van der Waals surface area contributed by atoms with E-state index in [9.17, 15) is 4.79 Å². The maximum absolute atomic E-state index is 12.1. The molecule has 7 heteroatoms. The van der Waals surface area contributed by atoms with Crippen LogP contribution in [0.1, 0.15) is 15.4 Å². The number of likely N-dealkylation sites (N-methyl/N-ethyl adjacent to an activating group) is 1. The number of nitrogens with zero attached hydrogens (tertiary/aromatic N) is 4. The summed E-state index contributed by atoms with van der Waals surface area (Å²) in [6, 6.07) is 4.08. The first-order valence-electron chi connectivity index (χ1n) is 6.08. The van der Waals surface area contributed by atoms with Gasteiger partial charge in [0.15, 0.2) is 5.69 Å². The Morgan fingerprint density at radius 2 is 2.42 bits per heavy atom. The SMILES string of the molecule is CN(CCc1cccs1)C(=O)c1cn(CCN)nn1. The van der Waals surface area contributed by atoms with Crippen molar-refractivity contribution in [3.05, 3.63) is 34.3 Å². The van der Waals surface area contributed by atoms with Crippen LogP contribution >= 0.6 is 11.3 Å². The standard InChI is InChI=1S/C12H17N5OS/c1-16(6-4-10-3-2-8-19-10)12(18)11-9-17(7-5-13)15-14-11/h2-3,8-9H,4-7,13H2,1H3. The second-order valence-corrected chi connectivity index (χ2v) is 5.24. The average Bonchev–Trinajstić information content (AvgIpc) is 3.06. The van der Waals surface area contributed by atoms with Crippen LogP contribution in [0, 0.1) is 0 Å². The second-order valence-electron chi connectivity index (χ2n) is 4.21. The van der Waals surface area contributed by atoms with Gasteiger partial charge in [0.25, 0.3) is 5.91 Å². The van der Waals surface area contributed by atoms with Crippen LogP contribution < -0.4 is 5.73 Å². The van der Waals surface area contributed by atoms with E-state index < -0.39 is 0 Å². The van der Waals surface area contributed by atoms with E-state index in [-0.39, 0.29) is 5.91 Å². The minimum absolute atomic E-state index is 0.111. The highest BCUT2D eigenvalue weighted by atomic mass is 32.1. The molecule has 0 unspecified atom stereocenters. The number of rotatable bonds is 6. The fourth-order valence-electron chi connectivity index (χ4n) is 1.67. The van der Waals surface area contributed by atoms with Gasteiger partial charge >= 0.3 is 0 Å². The summed E-state index contributed by atoms with van der Waals surface area (Å²) in [5.41, 5.74) is 5.79. The average molecular weight is 279 g/mol. The highest BCUT2D eigenvalue weighted by Gasteiger charge is 2.15. The number of aromatic nitrogens is 3. The summed E-state index contributed by atoms with van der Waals surface area (Å²) in [6.45, 7) is 1.72. The zero-order chi connectivity index (χ0) is 13.7. The van der Waals surface area contributed by atoms with Gasteiger partial charge < -0.3 is 10.6 Å². The predicted molar refractivity (Wildman–Crippen MR) is 74.1 cm³/mol. The molecule has 0 aliphatic heterocycles.